The van der Waals surface area contributed by atoms with Crippen LogP contribution in [0.25, 0.3) is 11.4 Å². The Balaban J connectivity index is 1.73. The van der Waals surface area contributed by atoms with Gasteiger partial charge in [-0.05, 0) is 75.1 Å². The summed E-state index contributed by atoms with van der Waals surface area (Å²) < 4.78 is 7.95. The van der Waals surface area contributed by atoms with Crippen molar-refractivity contribution in [3.05, 3.63) is 87.2 Å². The number of imidazole rings is 1. The minimum absolute atomic E-state index is 0.151. The van der Waals surface area contributed by atoms with Gasteiger partial charge in [0.1, 0.15) is 11.6 Å². The Morgan fingerprint density at radius 2 is 1.81 bits per heavy atom. The first kappa shape index (κ1) is 28.8. The summed E-state index contributed by atoms with van der Waals surface area (Å²) in [5.41, 5.74) is 5.99. The van der Waals surface area contributed by atoms with Gasteiger partial charge in [-0.25, -0.2) is 4.98 Å². The number of carbonyl (C=O) groups is 2. The van der Waals surface area contributed by atoms with Crippen LogP contribution < -0.4 is 19.9 Å². The van der Waals surface area contributed by atoms with Crippen molar-refractivity contribution in [1.82, 2.24) is 9.55 Å². The van der Waals surface area contributed by atoms with Gasteiger partial charge in [0, 0.05) is 48.2 Å². The van der Waals surface area contributed by atoms with Gasteiger partial charge >= 0.3 is 0 Å². The predicted molar refractivity (Wildman–Crippen MR) is 172 cm³/mol. The zero-order chi connectivity index (χ0) is 31.0. The summed E-state index contributed by atoms with van der Waals surface area (Å²) in [4.78, 5) is 37.9. The van der Waals surface area contributed by atoms with Crippen LogP contribution in [-0.4, -0.2) is 42.6 Å². The molecule has 4 aromatic rings. The van der Waals surface area contributed by atoms with Gasteiger partial charge in [-0.1, -0.05) is 36.7 Å². The lowest BCUT2D eigenvalue weighted by molar-refractivity contribution is -0.119. The van der Waals surface area contributed by atoms with Crippen molar-refractivity contribution in [2.75, 3.05) is 36.3 Å². The van der Waals surface area contributed by atoms with E-state index in [1.165, 1.54) is 0 Å². The number of hydrogen-bond acceptors (Lipinski definition) is 5. The number of amides is 2. The van der Waals surface area contributed by atoms with Crippen LogP contribution in [0.2, 0.25) is 5.02 Å². The van der Waals surface area contributed by atoms with E-state index in [9.17, 15) is 9.59 Å². The fraction of sp³-hybridized carbons (Fsp3) is 0.324. The van der Waals surface area contributed by atoms with Gasteiger partial charge in [0.25, 0.3) is 11.8 Å². The second-order valence-electron chi connectivity index (χ2n) is 11.8. The van der Waals surface area contributed by atoms with Crippen LogP contribution in [-0.2, 0) is 16.8 Å². The Labute approximate surface area is 257 Å². The van der Waals surface area contributed by atoms with Crippen molar-refractivity contribution >= 4 is 40.5 Å². The zero-order valence-electron chi connectivity index (χ0n) is 25.8. The Morgan fingerprint density at radius 1 is 1.07 bits per heavy atom. The van der Waals surface area contributed by atoms with Gasteiger partial charge in [0.15, 0.2) is 11.2 Å². The molecule has 0 aliphatic carbocycles. The molecule has 1 unspecified atom stereocenters. The monoisotopic (exact) mass is 597 g/mol. The van der Waals surface area contributed by atoms with E-state index >= 15 is 0 Å². The van der Waals surface area contributed by atoms with E-state index in [0.29, 0.717) is 39.2 Å². The smallest absolute Gasteiger partial charge is 0.280 e. The van der Waals surface area contributed by atoms with Gasteiger partial charge < -0.3 is 19.5 Å². The number of fused-ring (bicyclic) bond motifs is 4. The topological polar surface area (TPSA) is 79.7 Å². The molecule has 0 radical (unpaired) electrons. The molecule has 0 saturated carbocycles. The summed E-state index contributed by atoms with van der Waals surface area (Å²) in [6.07, 6.45) is 0.798. The number of aromatic nitrogens is 2. The van der Waals surface area contributed by atoms with Gasteiger partial charge in [0.2, 0.25) is 0 Å². The largest absolute Gasteiger partial charge is 0.496 e. The Morgan fingerprint density at radius 3 is 2.47 bits per heavy atom. The molecule has 2 aliphatic heterocycles. The molecule has 0 saturated heterocycles. The quantitative estimate of drug-likeness (QED) is 0.262. The third kappa shape index (κ3) is 3.99. The van der Waals surface area contributed by atoms with Crippen LogP contribution in [0.4, 0.5) is 17.1 Å². The lowest BCUT2D eigenvalue weighted by Gasteiger charge is -2.36. The highest BCUT2D eigenvalue weighted by Crippen LogP contribution is 2.55. The van der Waals surface area contributed by atoms with Gasteiger partial charge in [-0.3, -0.25) is 14.5 Å². The van der Waals surface area contributed by atoms with E-state index in [1.807, 2.05) is 76.7 Å². The molecule has 0 fully saturated rings. The van der Waals surface area contributed by atoms with Crippen molar-refractivity contribution < 1.29 is 14.3 Å². The van der Waals surface area contributed by atoms with Gasteiger partial charge in [0.05, 0.1) is 24.1 Å². The lowest BCUT2D eigenvalue weighted by atomic mass is 9.86. The van der Waals surface area contributed by atoms with Crippen LogP contribution in [0.5, 0.6) is 5.75 Å². The van der Waals surface area contributed by atoms with E-state index in [2.05, 4.69) is 23.2 Å². The number of carbonyl (C=O) groups excluding carboxylic acids is 2. The third-order valence-electron chi connectivity index (χ3n) is 8.57. The van der Waals surface area contributed by atoms with E-state index < -0.39 is 5.54 Å². The Hall–Kier alpha value is -4.30. The maximum absolute atomic E-state index is 14.7. The number of anilines is 3. The number of methoxy groups -OCH3 is 1. The van der Waals surface area contributed by atoms with E-state index in [-0.39, 0.29) is 23.6 Å². The summed E-state index contributed by atoms with van der Waals surface area (Å²) in [5, 5.41) is 3.58. The average Bonchev–Trinajstić information content (AvgIpc) is 3.57. The number of benzene rings is 3. The van der Waals surface area contributed by atoms with Crippen LogP contribution >= 0.6 is 11.6 Å². The fourth-order valence-corrected chi connectivity index (χ4v) is 6.79. The predicted octanol–water partition coefficient (Wildman–Crippen LogP) is 6.89. The third-order valence-corrected chi connectivity index (χ3v) is 8.80. The highest BCUT2D eigenvalue weighted by atomic mass is 35.5. The molecule has 222 valence electrons. The summed E-state index contributed by atoms with van der Waals surface area (Å²) >= 11 is 6.49. The Bertz CT molecular complexity index is 1830. The van der Waals surface area contributed by atoms with E-state index in [4.69, 9.17) is 21.3 Å². The minimum Gasteiger partial charge on any atom is -0.496 e. The molecule has 6 rings (SSSR count). The summed E-state index contributed by atoms with van der Waals surface area (Å²) in [5.74, 6) is 0.559. The molecule has 1 atom stereocenters. The molecular weight excluding hydrogens is 562 g/mol. The first-order valence-electron chi connectivity index (χ1n) is 14.5. The first-order chi connectivity index (χ1) is 20.4. The van der Waals surface area contributed by atoms with Gasteiger partial charge in [-0.15, -0.1) is 0 Å². The van der Waals surface area contributed by atoms with Crippen LogP contribution in [0, 0.1) is 13.8 Å². The maximum atomic E-state index is 14.7. The first-order valence-corrected chi connectivity index (χ1v) is 14.9. The van der Waals surface area contributed by atoms with Crippen LogP contribution in [0.15, 0.2) is 48.5 Å². The molecule has 1 aromatic heterocycles. The fourth-order valence-electron chi connectivity index (χ4n) is 6.62. The summed E-state index contributed by atoms with van der Waals surface area (Å²) in [7, 11) is 5.65. The molecular formula is C34H36ClN5O3. The number of ether oxygens (including phenoxy) is 1. The molecule has 8 nitrogen and oxygen atoms in total. The van der Waals surface area contributed by atoms with Crippen molar-refractivity contribution in [2.45, 2.75) is 52.6 Å². The molecule has 2 aliphatic rings. The highest BCUT2D eigenvalue weighted by Gasteiger charge is 2.64. The number of rotatable bonds is 6. The molecule has 0 bridgehead atoms. The number of nitrogens with one attached hydrogen (secondary N) is 1. The van der Waals surface area contributed by atoms with E-state index in [1.54, 1.807) is 24.1 Å². The molecule has 3 heterocycles. The molecule has 1 spiro atoms. The van der Waals surface area contributed by atoms with Gasteiger partial charge in [-0.2, -0.15) is 0 Å². The van der Waals surface area contributed by atoms with Crippen LogP contribution in [0.3, 0.4) is 0 Å². The molecule has 1 N–H and O–H groups in total. The molecule has 9 heteroatoms. The number of hydrogen-bond donors (Lipinski definition) is 1. The highest BCUT2D eigenvalue weighted by molar-refractivity contribution is 6.31. The standard InChI is InChI=1S/C34H36ClN5O3/c1-9-21-15-23(28(43-8)17-27(21)38(6)7)31-37-29-30(39(31)18(2)3)34(24-13-10-19(4)14-25(24)36-33(34)42)40(32(29)41)26-16-22(35)12-11-20(26)5/h10-18H,9H2,1-8H3,(H,36,42). The van der Waals surface area contributed by atoms with Crippen molar-refractivity contribution in [2.24, 2.45) is 0 Å². The SMILES string of the molecule is CCc1cc(-c2nc3c(n2C(C)C)C2(C(=O)Nc4cc(C)ccc42)N(c2cc(Cl)ccc2C)C3=O)c(OC)cc1N(C)C. The molecule has 2 amide bonds. The number of halogens is 1. The van der Waals surface area contributed by atoms with Crippen molar-refractivity contribution in [3.63, 3.8) is 0 Å². The normalized spacial score (nSPS) is 17.1. The minimum atomic E-state index is -1.50. The molecule has 43 heavy (non-hydrogen) atoms. The van der Waals surface area contributed by atoms with Crippen LogP contribution in [0.1, 0.15) is 65.2 Å². The summed E-state index contributed by atoms with van der Waals surface area (Å²) in [6, 6.07) is 15.2. The maximum Gasteiger partial charge on any atom is 0.280 e. The second kappa shape index (κ2) is 10.2. The number of aryl methyl sites for hydroxylation is 3. The van der Waals surface area contributed by atoms with Crippen molar-refractivity contribution in [1.29, 1.82) is 0 Å². The lowest BCUT2D eigenvalue weighted by Crippen LogP contribution is -2.51. The van der Waals surface area contributed by atoms with Crippen molar-refractivity contribution in [3.8, 4) is 17.1 Å². The molecule has 3 aromatic carbocycles. The zero-order valence-corrected chi connectivity index (χ0v) is 26.6. The number of nitrogens with zero attached hydrogens (tertiary/aromatic N) is 4. The average molecular weight is 598 g/mol. The Kier molecular flexibility index (Phi) is 6.80. The van der Waals surface area contributed by atoms with E-state index in [0.717, 1.165) is 34.4 Å². The summed E-state index contributed by atoms with van der Waals surface area (Å²) in [6.45, 7) is 10.1. The second-order valence-corrected chi connectivity index (χ2v) is 12.2.